The summed E-state index contributed by atoms with van der Waals surface area (Å²) < 4.78 is 12.8. The summed E-state index contributed by atoms with van der Waals surface area (Å²) in [5.41, 5.74) is 3.45. The van der Waals surface area contributed by atoms with Crippen LogP contribution in [0.3, 0.4) is 0 Å². The van der Waals surface area contributed by atoms with Gasteiger partial charge in [-0.05, 0) is 24.1 Å². The maximum absolute atomic E-state index is 9.48. The van der Waals surface area contributed by atoms with E-state index in [0.29, 0.717) is 47.6 Å². The second-order valence-electron chi connectivity index (χ2n) is 7.91. The maximum Gasteiger partial charge on any atom is 0.257 e. The van der Waals surface area contributed by atoms with Gasteiger partial charge in [0.05, 0.1) is 34.6 Å². The molecule has 0 amide bonds. The number of anilines is 1. The Labute approximate surface area is 184 Å². The first kappa shape index (κ1) is 19.8. The lowest BCUT2D eigenvalue weighted by Gasteiger charge is -2.25. The van der Waals surface area contributed by atoms with Crippen LogP contribution >= 0.6 is 0 Å². The Hall–Kier alpha value is -4.13. The Morgan fingerprint density at radius 1 is 1.22 bits per heavy atom. The number of rotatable bonds is 5. The Kier molecular flexibility index (Phi) is 4.86. The topological polar surface area (TPSA) is 127 Å². The molecule has 0 saturated carbocycles. The number of hydrogen-bond donors (Lipinski definition) is 2. The summed E-state index contributed by atoms with van der Waals surface area (Å²) in [6, 6.07) is 7.85. The van der Waals surface area contributed by atoms with Crippen molar-refractivity contribution in [3.63, 3.8) is 0 Å². The van der Waals surface area contributed by atoms with Crippen LogP contribution in [0, 0.1) is 17.2 Å². The van der Waals surface area contributed by atoms with E-state index in [1.807, 2.05) is 18.2 Å². The molecule has 4 aromatic heterocycles. The van der Waals surface area contributed by atoms with E-state index < -0.39 is 0 Å². The molecule has 10 heteroatoms. The van der Waals surface area contributed by atoms with E-state index in [-0.39, 0.29) is 12.0 Å². The van der Waals surface area contributed by atoms with Crippen LogP contribution in [-0.4, -0.2) is 42.9 Å². The Morgan fingerprint density at radius 3 is 2.88 bits per heavy atom. The smallest absolute Gasteiger partial charge is 0.257 e. The molecule has 2 N–H and O–H groups in total. The van der Waals surface area contributed by atoms with Crippen molar-refractivity contribution in [2.75, 3.05) is 18.5 Å². The van der Waals surface area contributed by atoms with Crippen LogP contribution in [-0.2, 0) is 7.05 Å². The molecule has 0 saturated heterocycles. The molecule has 0 bridgehead atoms. The fourth-order valence-electron chi connectivity index (χ4n) is 3.82. The number of nitrogens with zero attached hydrogens (tertiary/aromatic N) is 6. The predicted molar refractivity (Wildman–Crippen MR) is 117 cm³/mol. The van der Waals surface area contributed by atoms with Gasteiger partial charge in [0.25, 0.3) is 5.88 Å². The van der Waals surface area contributed by atoms with Gasteiger partial charge in [-0.3, -0.25) is 4.68 Å². The highest BCUT2D eigenvalue weighted by atomic mass is 16.6. The molecule has 5 rings (SSSR count). The van der Waals surface area contributed by atoms with Crippen molar-refractivity contribution in [1.29, 1.82) is 5.26 Å². The van der Waals surface area contributed by atoms with E-state index in [2.05, 4.69) is 50.3 Å². The molecule has 1 aliphatic heterocycles. The summed E-state index contributed by atoms with van der Waals surface area (Å²) in [5, 5.41) is 18.0. The minimum atomic E-state index is -0.115. The first-order valence-electron chi connectivity index (χ1n) is 10.3. The molecule has 0 fully saturated rings. The lowest BCUT2D eigenvalue weighted by molar-refractivity contribution is 0.163. The van der Waals surface area contributed by atoms with Crippen molar-refractivity contribution < 1.29 is 9.47 Å². The Balaban J connectivity index is 1.52. The quantitative estimate of drug-likeness (QED) is 0.494. The summed E-state index contributed by atoms with van der Waals surface area (Å²) in [5.74, 6) is 2.07. The van der Waals surface area contributed by atoms with Crippen LogP contribution in [0.15, 0.2) is 30.7 Å². The van der Waals surface area contributed by atoms with Gasteiger partial charge in [-0.2, -0.15) is 10.4 Å². The van der Waals surface area contributed by atoms with Crippen molar-refractivity contribution in [2.45, 2.75) is 19.9 Å². The zero-order valence-corrected chi connectivity index (χ0v) is 18.0. The van der Waals surface area contributed by atoms with Gasteiger partial charge in [-0.25, -0.2) is 15.0 Å². The number of fused-ring (bicyclic) bond motifs is 2. The van der Waals surface area contributed by atoms with Crippen molar-refractivity contribution in [1.82, 2.24) is 29.7 Å². The summed E-state index contributed by atoms with van der Waals surface area (Å²) in [6.07, 6.45) is 3.17. The molecule has 4 aromatic rings. The van der Waals surface area contributed by atoms with Crippen LogP contribution in [0.5, 0.6) is 11.6 Å². The monoisotopic (exact) mass is 430 g/mol. The van der Waals surface area contributed by atoms with Gasteiger partial charge in [-0.1, -0.05) is 13.8 Å². The molecule has 10 nitrogen and oxygen atoms in total. The summed E-state index contributed by atoms with van der Waals surface area (Å²) in [4.78, 5) is 16.8. The van der Waals surface area contributed by atoms with Crippen LogP contribution in [0.25, 0.3) is 22.3 Å². The molecule has 0 radical (unpaired) electrons. The molecule has 1 aliphatic rings. The highest BCUT2D eigenvalue weighted by molar-refractivity contribution is 5.92. The lowest BCUT2D eigenvalue weighted by atomic mass is 10.00. The highest BCUT2D eigenvalue weighted by Crippen LogP contribution is 2.34. The third kappa shape index (κ3) is 3.37. The number of aromatic nitrogens is 6. The third-order valence-corrected chi connectivity index (χ3v) is 5.46. The second kappa shape index (κ2) is 7.85. The standard InChI is InChI=1S/C22H22N8O2/c1-12(2)19(15-4-5-18-22(28-15)32-7-6-31-18)29-21-13-8-16(27-20(13)24-11-25-21)14-10-26-30(3)17(14)9-23/h4-5,8,10-12,19H,6-7H2,1-3H3,(H2,24,25,27,29)/t19-/m1/s1. The number of H-pyrrole nitrogens is 1. The van der Waals surface area contributed by atoms with E-state index >= 15 is 0 Å². The number of nitriles is 1. The number of aromatic amines is 1. The summed E-state index contributed by atoms with van der Waals surface area (Å²) in [7, 11) is 1.74. The van der Waals surface area contributed by atoms with E-state index in [1.165, 1.54) is 6.33 Å². The molecule has 0 aliphatic carbocycles. The minimum absolute atomic E-state index is 0.115. The van der Waals surface area contributed by atoms with E-state index in [0.717, 1.165) is 16.8 Å². The van der Waals surface area contributed by atoms with Crippen LogP contribution in [0.4, 0.5) is 5.82 Å². The second-order valence-corrected chi connectivity index (χ2v) is 7.91. The molecule has 0 unspecified atom stereocenters. The van der Waals surface area contributed by atoms with Crippen LogP contribution < -0.4 is 14.8 Å². The van der Waals surface area contributed by atoms with Gasteiger partial charge in [0.15, 0.2) is 5.75 Å². The lowest BCUT2D eigenvalue weighted by Crippen LogP contribution is -2.21. The average molecular weight is 430 g/mol. The van der Waals surface area contributed by atoms with Gasteiger partial charge < -0.3 is 19.8 Å². The van der Waals surface area contributed by atoms with Crippen molar-refractivity contribution >= 4 is 16.9 Å². The van der Waals surface area contributed by atoms with Crippen LogP contribution in [0.2, 0.25) is 0 Å². The van der Waals surface area contributed by atoms with E-state index in [4.69, 9.17) is 9.47 Å². The molecular formula is C22H22N8O2. The van der Waals surface area contributed by atoms with Crippen molar-refractivity contribution in [3.8, 4) is 29.0 Å². The van der Waals surface area contributed by atoms with Gasteiger partial charge in [-0.15, -0.1) is 0 Å². The first-order valence-corrected chi connectivity index (χ1v) is 10.3. The number of pyridine rings is 1. The molecule has 162 valence electrons. The predicted octanol–water partition coefficient (Wildman–Crippen LogP) is 3.21. The zero-order chi connectivity index (χ0) is 22.2. The van der Waals surface area contributed by atoms with Crippen molar-refractivity contribution in [3.05, 3.63) is 42.1 Å². The third-order valence-electron chi connectivity index (χ3n) is 5.46. The Bertz CT molecular complexity index is 1330. The molecule has 0 spiro atoms. The molecular weight excluding hydrogens is 408 g/mol. The minimum Gasteiger partial charge on any atom is -0.484 e. The van der Waals surface area contributed by atoms with Crippen LogP contribution in [0.1, 0.15) is 31.3 Å². The van der Waals surface area contributed by atoms with Crippen molar-refractivity contribution in [2.24, 2.45) is 13.0 Å². The molecule has 5 heterocycles. The number of nitrogens with one attached hydrogen (secondary N) is 2. The van der Waals surface area contributed by atoms with Gasteiger partial charge in [0, 0.05) is 7.05 Å². The van der Waals surface area contributed by atoms with Gasteiger partial charge >= 0.3 is 0 Å². The normalized spacial score (nSPS) is 13.8. The maximum atomic E-state index is 9.48. The largest absolute Gasteiger partial charge is 0.484 e. The van der Waals surface area contributed by atoms with Gasteiger partial charge in [0.2, 0.25) is 0 Å². The number of aryl methyl sites for hydroxylation is 1. The van der Waals surface area contributed by atoms with E-state index in [1.54, 1.807) is 17.9 Å². The number of ether oxygens (including phenoxy) is 2. The fraction of sp³-hybridized carbons (Fsp3) is 0.318. The Morgan fingerprint density at radius 2 is 2.06 bits per heavy atom. The average Bonchev–Trinajstić information content (AvgIpc) is 3.40. The fourth-order valence-corrected chi connectivity index (χ4v) is 3.82. The summed E-state index contributed by atoms with van der Waals surface area (Å²) >= 11 is 0. The number of hydrogen-bond acceptors (Lipinski definition) is 8. The molecule has 0 aromatic carbocycles. The molecule has 1 atom stereocenters. The zero-order valence-electron chi connectivity index (χ0n) is 18.0. The SMILES string of the molecule is CC(C)[C@@H](Nc1ncnc2[nH]c(-c3cnn(C)c3C#N)cc12)c1ccc2c(n1)OCCO2. The highest BCUT2D eigenvalue weighted by Gasteiger charge is 2.23. The first-order chi connectivity index (χ1) is 15.5. The van der Waals surface area contributed by atoms with E-state index in [9.17, 15) is 5.26 Å². The summed E-state index contributed by atoms with van der Waals surface area (Å²) in [6.45, 7) is 5.25. The van der Waals surface area contributed by atoms with Gasteiger partial charge in [0.1, 0.15) is 42.8 Å². The molecule has 32 heavy (non-hydrogen) atoms.